The molecule has 3 aromatic rings. The van der Waals surface area contributed by atoms with Gasteiger partial charge in [-0.25, -0.2) is 4.98 Å². The lowest BCUT2D eigenvalue weighted by molar-refractivity contribution is 0.0972. The number of Topliss-reactive ketones (excluding diaryl/α,β-unsaturated/α-hetero) is 1. The van der Waals surface area contributed by atoms with Gasteiger partial charge in [0.1, 0.15) is 5.58 Å². The van der Waals surface area contributed by atoms with Gasteiger partial charge < -0.3 is 4.42 Å². The van der Waals surface area contributed by atoms with Crippen molar-refractivity contribution in [3.05, 3.63) is 51.3 Å². The molecule has 1 aromatic carbocycles. The van der Waals surface area contributed by atoms with Crippen LogP contribution in [0, 0.1) is 6.92 Å². The van der Waals surface area contributed by atoms with Crippen molar-refractivity contribution in [1.82, 2.24) is 4.98 Å². The van der Waals surface area contributed by atoms with Gasteiger partial charge in [-0.1, -0.05) is 6.07 Å². The second kappa shape index (κ2) is 4.25. The molecule has 1 aliphatic carbocycles. The highest BCUT2D eigenvalue weighted by Crippen LogP contribution is 2.25. The fourth-order valence-corrected chi connectivity index (χ4v) is 2.91. The molecule has 1 aliphatic rings. The van der Waals surface area contributed by atoms with Gasteiger partial charge in [-0.05, 0) is 43.5 Å². The number of hydrogen-bond acceptors (Lipinski definition) is 4. The van der Waals surface area contributed by atoms with Crippen LogP contribution in [0.3, 0.4) is 0 Å². The van der Waals surface area contributed by atoms with Gasteiger partial charge in [-0.15, -0.1) is 0 Å². The van der Waals surface area contributed by atoms with Gasteiger partial charge in [0, 0.05) is 12.0 Å². The maximum absolute atomic E-state index is 12.6. The first kappa shape index (κ1) is 12.3. The largest absolute Gasteiger partial charge is 0.437 e. The van der Waals surface area contributed by atoms with Crippen LogP contribution in [0.4, 0.5) is 0 Å². The fraction of sp³-hybridized carbons (Fsp3) is 0.235. The number of aryl methyl sites for hydroxylation is 2. The second-order valence-corrected chi connectivity index (χ2v) is 5.54. The Hall–Kier alpha value is -2.49. The fourth-order valence-electron chi connectivity index (χ4n) is 2.91. The predicted molar refractivity (Wildman–Crippen MR) is 79.8 cm³/mol. The Morgan fingerprint density at radius 1 is 1.10 bits per heavy atom. The van der Waals surface area contributed by atoms with Gasteiger partial charge in [0.25, 0.3) is 0 Å². The molecule has 4 rings (SSSR count). The standard InChI is InChI=1S/C17H13NO3/c1-9-5-6-10-15(7-9)21-17-12(16(10)20)8-11-13(18-17)3-2-4-14(11)19/h5-8H,2-4H2,1H3. The summed E-state index contributed by atoms with van der Waals surface area (Å²) in [7, 11) is 0. The van der Waals surface area contributed by atoms with Crippen molar-refractivity contribution >= 4 is 27.9 Å². The minimum absolute atomic E-state index is 0.0639. The quantitative estimate of drug-likeness (QED) is 0.593. The van der Waals surface area contributed by atoms with Crippen LogP contribution in [0.25, 0.3) is 22.1 Å². The molecule has 4 nitrogen and oxygen atoms in total. The zero-order valence-corrected chi connectivity index (χ0v) is 11.6. The van der Waals surface area contributed by atoms with Crippen molar-refractivity contribution in [3.8, 4) is 0 Å². The predicted octanol–water partition coefficient (Wildman–Crippen LogP) is 3.17. The van der Waals surface area contributed by atoms with Gasteiger partial charge in [0.15, 0.2) is 5.78 Å². The average Bonchev–Trinajstić information content (AvgIpc) is 2.46. The molecule has 2 aromatic heterocycles. The lowest BCUT2D eigenvalue weighted by Crippen LogP contribution is -2.14. The van der Waals surface area contributed by atoms with Crippen molar-refractivity contribution in [2.24, 2.45) is 0 Å². The molecule has 0 atom stereocenters. The maximum atomic E-state index is 12.6. The number of aromatic nitrogens is 1. The summed E-state index contributed by atoms with van der Waals surface area (Å²) < 4.78 is 5.79. The zero-order chi connectivity index (χ0) is 14.6. The third-order valence-electron chi connectivity index (χ3n) is 4.02. The highest BCUT2D eigenvalue weighted by atomic mass is 16.3. The second-order valence-electron chi connectivity index (χ2n) is 5.54. The van der Waals surface area contributed by atoms with Crippen molar-refractivity contribution in [2.75, 3.05) is 0 Å². The first-order valence-electron chi connectivity index (χ1n) is 7.04. The first-order valence-corrected chi connectivity index (χ1v) is 7.04. The number of carbonyl (C=O) groups is 1. The molecule has 104 valence electrons. The Bertz CT molecular complexity index is 969. The number of ketones is 1. The number of fused-ring (bicyclic) bond motifs is 3. The molecule has 0 fully saturated rings. The number of rotatable bonds is 0. The summed E-state index contributed by atoms with van der Waals surface area (Å²) in [5, 5.41) is 0.915. The van der Waals surface area contributed by atoms with Crippen LogP contribution in [0.15, 0.2) is 33.5 Å². The van der Waals surface area contributed by atoms with E-state index in [1.165, 1.54) is 0 Å². The van der Waals surface area contributed by atoms with E-state index < -0.39 is 0 Å². The summed E-state index contributed by atoms with van der Waals surface area (Å²) in [4.78, 5) is 29.0. The summed E-state index contributed by atoms with van der Waals surface area (Å²) in [6, 6.07) is 7.13. The summed E-state index contributed by atoms with van der Waals surface area (Å²) in [5.74, 6) is 0.0639. The number of nitrogens with zero attached hydrogens (tertiary/aromatic N) is 1. The first-order chi connectivity index (χ1) is 10.1. The molecular formula is C17H13NO3. The zero-order valence-electron chi connectivity index (χ0n) is 11.6. The molecule has 0 saturated carbocycles. The van der Waals surface area contributed by atoms with E-state index in [9.17, 15) is 9.59 Å². The van der Waals surface area contributed by atoms with Gasteiger partial charge in [-0.2, -0.15) is 0 Å². The molecular weight excluding hydrogens is 266 g/mol. The summed E-state index contributed by atoms with van der Waals surface area (Å²) in [6.45, 7) is 1.95. The molecule has 0 radical (unpaired) electrons. The molecule has 2 heterocycles. The van der Waals surface area contributed by atoms with Crippen LogP contribution in [0.1, 0.15) is 34.5 Å². The highest BCUT2D eigenvalue weighted by Gasteiger charge is 2.21. The van der Waals surface area contributed by atoms with E-state index in [0.29, 0.717) is 34.1 Å². The summed E-state index contributed by atoms with van der Waals surface area (Å²) >= 11 is 0. The third kappa shape index (κ3) is 1.79. The van der Waals surface area contributed by atoms with E-state index in [2.05, 4.69) is 4.98 Å². The van der Waals surface area contributed by atoms with E-state index in [-0.39, 0.29) is 11.2 Å². The lowest BCUT2D eigenvalue weighted by atomic mass is 9.94. The van der Waals surface area contributed by atoms with Crippen molar-refractivity contribution < 1.29 is 9.21 Å². The molecule has 0 saturated heterocycles. The number of hydrogen-bond donors (Lipinski definition) is 0. The molecule has 0 N–H and O–H groups in total. The minimum atomic E-state index is -0.125. The molecule has 0 spiro atoms. The number of pyridine rings is 1. The molecule has 21 heavy (non-hydrogen) atoms. The van der Waals surface area contributed by atoms with Crippen molar-refractivity contribution in [1.29, 1.82) is 0 Å². The molecule has 0 bridgehead atoms. The van der Waals surface area contributed by atoms with Gasteiger partial charge >= 0.3 is 0 Å². The monoisotopic (exact) mass is 279 g/mol. The van der Waals surface area contributed by atoms with Crippen molar-refractivity contribution in [3.63, 3.8) is 0 Å². The van der Waals surface area contributed by atoms with Crippen LogP contribution in [0.5, 0.6) is 0 Å². The molecule has 4 heteroatoms. The molecule has 0 aliphatic heterocycles. The number of carbonyl (C=O) groups excluding carboxylic acids is 1. The van der Waals surface area contributed by atoms with Gasteiger partial charge in [0.05, 0.1) is 16.5 Å². The average molecular weight is 279 g/mol. The van der Waals surface area contributed by atoms with Crippen LogP contribution in [-0.4, -0.2) is 10.8 Å². The van der Waals surface area contributed by atoms with Crippen LogP contribution in [-0.2, 0) is 6.42 Å². The molecule has 0 amide bonds. The summed E-state index contributed by atoms with van der Waals surface area (Å²) in [5.41, 5.74) is 3.09. The lowest BCUT2D eigenvalue weighted by Gasteiger charge is -2.13. The third-order valence-corrected chi connectivity index (χ3v) is 4.02. The Morgan fingerprint density at radius 2 is 1.95 bits per heavy atom. The van der Waals surface area contributed by atoms with Crippen molar-refractivity contribution in [2.45, 2.75) is 26.2 Å². The topological polar surface area (TPSA) is 60.2 Å². The number of benzene rings is 1. The normalized spacial score (nSPS) is 14.6. The van der Waals surface area contributed by atoms with E-state index >= 15 is 0 Å². The van der Waals surface area contributed by atoms with Crippen LogP contribution >= 0.6 is 0 Å². The van der Waals surface area contributed by atoms with Gasteiger partial charge in [0.2, 0.25) is 11.1 Å². The molecule has 0 unspecified atom stereocenters. The highest BCUT2D eigenvalue weighted by molar-refractivity contribution is 6.01. The van der Waals surface area contributed by atoms with E-state index in [1.807, 2.05) is 19.1 Å². The maximum Gasteiger partial charge on any atom is 0.230 e. The SMILES string of the molecule is Cc1ccc2c(=O)c3cc4c(nc3oc2c1)CCCC4=O. The van der Waals surface area contributed by atoms with Crippen LogP contribution < -0.4 is 5.43 Å². The van der Waals surface area contributed by atoms with Gasteiger partial charge in [-0.3, -0.25) is 9.59 Å². The smallest absolute Gasteiger partial charge is 0.230 e. The summed E-state index contributed by atoms with van der Waals surface area (Å²) in [6.07, 6.45) is 2.09. The Balaban J connectivity index is 2.14. The minimum Gasteiger partial charge on any atom is -0.437 e. The Labute approximate surface area is 120 Å². The van der Waals surface area contributed by atoms with Crippen LogP contribution in [0.2, 0.25) is 0 Å². The van der Waals surface area contributed by atoms with E-state index in [1.54, 1.807) is 12.1 Å². The van der Waals surface area contributed by atoms with E-state index in [4.69, 9.17) is 4.42 Å². The Kier molecular flexibility index (Phi) is 2.48. The Morgan fingerprint density at radius 3 is 2.81 bits per heavy atom. The van der Waals surface area contributed by atoms with E-state index in [0.717, 1.165) is 24.1 Å².